The van der Waals surface area contributed by atoms with Crippen LogP contribution in [0, 0.1) is 0 Å². The number of ether oxygens (including phenoxy) is 1. The summed E-state index contributed by atoms with van der Waals surface area (Å²) >= 11 is 6.63. The number of halogens is 1. The van der Waals surface area contributed by atoms with Crippen LogP contribution in [0.3, 0.4) is 0 Å². The van der Waals surface area contributed by atoms with Gasteiger partial charge in [0.25, 0.3) is 5.91 Å². The van der Waals surface area contributed by atoms with Crippen LogP contribution in [0.4, 0.5) is 0 Å². The number of carbonyl (C=O) groups is 1. The molecule has 1 aromatic rings. The maximum atomic E-state index is 11.5. The molecule has 0 aliphatic rings. The van der Waals surface area contributed by atoms with Gasteiger partial charge in [0.2, 0.25) is 9.47 Å². The van der Waals surface area contributed by atoms with Crippen LogP contribution < -0.4 is 5.32 Å². The van der Waals surface area contributed by atoms with Crippen molar-refractivity contribution in [3.63, 3.8) is 0 Å². The first-order chi connectivity index (χ1) is 7.13. The fourth-order valence-electron chi connectivity index (χ4n) is 0.949. The molecule has 15 heavy (non-hydrogen) atoms. The Labute approximate surface area is 96.8 Å². The lowest BCUT2D eigenvalue weighted by molar-refractivity contribution is 0.0928. The van der Waals surface area contributed by atoms with Gasteiger partial charge in [0.15, 0.2) is 0 Å². The van der Waals surface area contributed by atoms with Crippen molar-refractivity contribution in [3.05, 3.63) is 9.47 Å². The number of hydrogen-bond acceptors (Lipinski definition) is 5. The third-order valence-electron chi connectivity index (χ3n) is 1.73. The molecule has 1 rings (SSSR count). The van der Waals surface area contributed by atoms with E-state index in [4.69, 9.17) is 16.3 Å². The molecule has 0 aliphatic carbocycles. The first kappa shape index (κ1) is 12.4. The van der Waals surface area contributed by atoms with Crippen molar-refractivity contribution >= 4 is 28.8 Å². The van der Waals surface area contributed by atoms with Crippen LogP contribution in [0.5, 0.6) is 0 Å². The van der Waals surface area contributed by atoms with Gasteiger partial charge in [0.1, 0.15) is 0 Å². The lowest BCUT2D eigenvalue weighted by Crippen LogP contribution is -2.33. The van der Waals surface area contributed by atoms with Crippen molar-refractivity contribution < 1.29 is 9.53 Å². The molecule has 0 spiro atoms. The second-order valence-electron chi connectivity index (χ2n) is 3.02. The van der Waals surface area contributed by atoms with Gasteiger partial charge in [-0.25, -0.2) is 0 Å². The van der Waals surface area contributed by atoms with Gasteiger partial charge in [0, 0.05) is 19.8 Å². The van der Waals surface area contributed by atoms with Gasteiger partial charge >= 0.3 is 0 Å². The van der Waals surface area contributed by atoms with E-state index in [-0.39, 0.29) is 21.4 Å². The average molecular weight is 250 g/mol. The number of hydrogen-bond donors (Lipinski definition) is 1. The Morgan fingerprint density at radius 2 is 2.40 bits per heavy atom. The van der Waals surface area contributed by atoms with Crippen molar-refractivity contribution in [1.82, 2.24) is 15.5 Å². The second-order valence-corrected chi connectivity index (χ2v) is 4.58. The zero-order valence-electron chi connectivity index (χ0n) is 8.49. The van der Waals surface area contributed by atoms with Gasteiger partial charge in [0.05, 0.1) is 0 Å². The Kier molecular flexibility index (Phi) is 4.93. The minimum atomic E-state index is -0.247. The van der Waals surface area contributed by atoms with Crippen LogP contribution >= 0.6 is 22.9 Å². The number of nitrogens with zero attached hydrogens (tertiary/aromatic N) is 2. The third kappa shape index (κ3) is 4.11. The molecule has 0 aromatic carbocycles. The highest BCUT2D eigenvalue weighted by molar-refractivity contribution is 7.17. The van der Waals surface area contributed by atoms with Crippen LogP contribution in [-0.4, -0.2) is 35.9 Å². The molecule has 0 saturated carbocycles. The number of nitrogens with one attached hydrogen (secondary N) is 1. The number of rotatable bonds is 5. The molecule has 1 unspecified atom stereocenters. The monoisotopic (exact) mass is 249 g/mol. The fraction of sp³-hybridized carbons (Fsp3) is 0.625. The van der Waals surface area contributed by atoms with Crippen LogP contribution in [0.25, 0.3) is 0 Å². The molecule has 5 nitrogen and oxygen atoms in total. The van der Waals surface area contributed by atoms with Crippen molar-refractivity contribution in [2.75, 3.05) is 13.7 Å². The zero-order valence-corrected chi connectivity index (χ0v) is 10.1. The van der Waals surface area contributed by atoms with E-state index in [0.29, 0.717) is 6.61 Å². The van der Waals surface area contributed by atoms with Gasteiger partial charge in [-0.05, 0) is 24.9 Å². The zero-order chi connectivity index (χ0) is 11.3. The first-order valence-electron chi connectivity index (χ1n) is 4.42. The highest BCUT2D eigenvalue weighted by Gasteiger charge is 2.14. The van der Waals surface area contributed by atoms with E-state index in [1.54, 1.807) is 7.11 Å². The second kappa shape index (κ2) is 5.99. The van der Waals surface area contributed by atoms with Gasteiger partial charge in [-0.1, -0.05) is 11.3 Å². The highest BCUT2D eigenvalue weighted by atomic mass is 35.5. The molecule has 1 amide bonds. The van der Waals surface area contributed by atoms with E-state index in [9.17, 15) is 4.79 Å². The number of aromatic nitrogens is 2. The molecule has 0 radical (unpaired) electrons. The Hall–Kier alpha value is -0.720. The molecule has 1 heterocycles. The van der Waals surface area contributed by atoms with Gasteiger partial charge < -0.3 is 10.1 Å². The lowest BCUT2D eigenvalue weighted by atomic mass is 10.2. The standard InChI is InChI=1S/C8H12ClN3O2S/c1-5(3-4-14-2)10-6(13)7-11-12-8(9)15-7/h5H,3-4H2,1-2H3,(H,10,13). The summed E-state index contributed by atoms with van der Waals surface area (Å²) in [5.41, 5.74) is 0. The van der Waals surface area contributed by atoms with Crippen molar-refractivity contribution in [3.8, 4) is 0 Å². The van der Waals surface area contributed by atoms with Gasteiger partial charge in [-0.3, -0.25) is 4.79 Å². The summed E-state index contributed by atoms with van der Waals surface area (Å²) in [5, 5.41) is 10.3. The minimum Gasteiger partial charge on any atom is -0.385 e. The lowest BCUT2D eigenvalue weighted by Gasteiger charge is -2.11. The van der Waals surface area contributed by atoms with E-state index in [1.165, 1.54) is 0 Å². The summed E-state index contributed by atoms with van der Waals surface area (Å²) in [4.78, 5) is 11.5. The molecular weight excluding hydrogens is 238 g/mol. The summed E-state index contributed by atoms with van der Waals surface area (Å²) in [7, 11) is 1.62. The van der Waals surface area contributed by atoms with Crippen LogP contribution in [-0.2, 0) is 4.74 Å². The van der Waals surface area contributed by atoms with E-state index < -0.39 is 0 Å². The average Bonchev–Trinajstić information content (AvgIpc) is 2.61. The summed E-state index contributed by atoms with van der Waals surface area (Å²) in [6.07, 6.45) is 0.759. The molecule has 0 fully saturated rings. The van der Waals surface area contributed by atoms with Crippen molar-refractivity contribution in [2.24, 2.45) is 0 Å². The number of amides is 1. The molecule has 7 heteroatoms. The Balaban J connectivity index is 2.42. The first-order valence-corrected chi connectivity index (χ1v) is 5.61. The molecule has 0 saturated heterocycles. The summed E-state index contributed by atoms with van der Waals surface area (Å²) < 4.78 is 5.17. The van der Waals surface area contributed by atoms with E-state index in [2.05, 4.69) is 15.5 Å². The maximum Gasteiger partial charge on any atom is 0.282 e. The minimum absolute atomic E-state index is 0.0418. The maximum absolute atomic E-state index is 11.5. The SMILES string of the molecule is COCCC(C)NC(=O)c1nnc(Cl)s1. The molecule has 0 aliphatic heterocycles. The predicted molar refractivity (Wildman–Crippen MR) is 58.3 cm³/mol. The summed E-state index contributed by atoms with van der Waals surface area (Å²) in [5.74, 6) is -0.247. The molecule has 0 bridgehead atoms. The van der Waals surface area contributed by atoms with E-state index in [1.807, 2.05) is 6.92 Å². The topological polar surface area (TPSA) is 64.1 Å². The highest BCUT2D eigenvalue weighted by Crippen LogP contribution is 2.14. The summed E-state index contributed by atoms with van der Waals surface area (Å²) in [6, 6.07) is 0.0418. The van der Waals surface area contributed by atoms with Crippen LogP contribution in [0.15, 0.2) is 0 Å². The third-order valence-corrected chi connectivity index (χ3v) is 2.74. The summed E-state index contributed by atoms with van der Waals surface area (Å²) in [6.45, 7) is 2.51. The van der Waals surface area contributed by atoms with Crippen molar-refractivity contribution in [1.29, 1.82) is 0 Å². The number of methoxy groups -OCH3 is 1. The molecule has 84 valence electrons. The van der Waals surface area contributed by atoms with Gasteiger partial charge in [-0.2, -0.15) is 0 Å². The molecule has 1 atom stereocenters. The molecule has 1 N–H and O–H groups in total. The van der Waals surface area contributed by atoms with E-state index >= 15 is 0 Å². The van der Waals surface area contributed by atoms with E-state index in [0.717, 1.165) is 17.8 Å². The Morgan fingerprint density at radius 3 is 2.93 bits per heavy atom. The van der Waals surface area contributed by atoms with Gasteiger partial charge in [-0.15, -0.1) is 10.2 Å². The Bertz CT molecular complexity index is 331. The normalized spacial score (nSPS) is 12.5. The predicted octanol–water partition coefficient (Wildman–Crippen LogP) is 1.35. The quantitative estimate of drug-likeness (QED) is 0.856. The molecule has 1 aromatic heterocycles. The largest absolute Gasteiger partial charge is 0.385 e. The smallest absolute Gasteiger partial charge is 0.282 e. The molecular formula is C8H12ClN3O2S. The van der Waals surface area contributed by atoms with Crippen LogP contribution in [0.1, 0.15) is 23.1 Å². The van der Waals surface area contributed by atoms with Crippen LogP contribution in [0.2, 0.25) is 4.47 Å². The fourth-order valence-corrected chi connectivity index (χ4v) is 1.68. The van der Waals surface area contributed by atoms with Crippen molar-refractivity contribution in [2.45, 2.75) is 19.4 Å². The Morgan fingerprint density at radius 1 is 1.67 bits per heavy atom. The number of carbonyl (C=O) groups excluding carboxylic acids is 1.